The third-order valence-electron chi connectivity index (χ3n) is 3.13. The predicted octanol–water partition coefficient (Wildman–Crippen LogP) is 2.97. The zero-order valence-corrected chi connectivity index (χ0v) is 12.3. The molecule has 0 saturated heterocycles. The molecule has 2 aromatic rings. The van der Waals surface area contributed by atoms with Crippen LogP contribution < -0.4 is 15.0 Å². The summed E-state index contributed by atoms with van der Waals surface area (Å²) in [6.45, 7) is 3.82. The third-order valence-corrected chi connectivity index (χ3v) is 3.13. The molecule has 0 bridgehead atoms. The van der Waals surface area contributed by atoms with Crippen LogP contribution in [0.5, 0.6) is 5.75 Å². The Bertz CT molecular complexity index is 557. The van der Waals surface area contributed by atoms with E-state index in [2.05, 4.69) is 22.1 Å². The van der Waals surface area contributed by atoms with Crippen LogP contribution in [0.3, 0.4) is 0 Å². The van der Waals surface area contributed by atoms with E-state index >= 15 is 0 Å². The average molecular weight is 271 g/mol. The Balaban J connectivity index is 2.21. The highest BCUT2D eigenvalue weighted by atomic mass is 16.5. The first-order chi connectivity index (χ1) is 9.74. The molecule has 0 spiro atoms. The lowest BCUT2D eigenvalue weighted by Crippen LogP contribution is -2.15. The van der Waals surface area contributed by atoms with E-state index in [1.807, 2.05) is 49.5 Å². The first-order valence-electron chi connectivity index (χ1n) is 6.79. The molecular formula is C16H21N3O. The minimum absolute atomic E-state index is 0.788. The van der Waals surface area contributed by atoms with Gasteiger partial charge in [-0.2, -0.15) is 0 Å². The summed E-state index contributed by atoms with van der Waals surface area (Å²) >= 11 is 0. The minimum atomic E-state index is 0.788. The van der Waals surface area contributed by atoms with Crippen LogP contribution in [0.15, 0.2) is 42.5 Å². The third kappa shape index (κ3) is 3.48. The normalized spacial score (nSPS) is 10.3. The number of anilines is 2. The van der Waals surface area contributed by atoms with E-state index in [0.717, 1.165) is 36.0 Å². The molecular weight excluding hydrogens is 250 g/mol. The van der Waals surface area contributed by atoms with Crippen LogP contribution in [0.4, 0.5) is 11.5 Å². The largest absolute Gasteiger partial charge is 0.497 e. The lowest BCUT2D eigenvalue weighted by Gasteiger charge is -2.19. The van der Waals surface area contributed by atoms with Gasteiger partial charge in [-0.25, -0.2) is 4.98 Å². The van der Waals surface area contributed by atoms with Crippen molar-refractivity contribution in [1.82, 2.24) is 10.3 Å². The van der Waals surface area contributed by atoms with Crippen LogP contribution >= 0.6 is 0 Å². The van der Waals surface area contributed by atoms with Gasteiger partial charge in [-0.15, -0.1) is 0 Å². The fourth-order valence-corrected chi connectivity index (χ4v) is 1.96. The number of rotatable bonds is 6. The average Bonchev–Trinajstić information content (AvgIpc) is 2.52. The highest BCUT2D eigenvalue weighted by Crippen LogP contribution is 2.25. The molecule has 0 aliphatic heterocycles. The number of hydrogen-bond donors (Lipinski definition) is 1. The first kappa shape index (κ1) is 14.3. The molecule has 1 aromatic carbocycles. The van der Waals surface area contributed by atoms with Crippen molar-refractivity contribution in [2.45, 2.75) is 13.5 Å². The smallest absolute Gasteiger partial charge is 0.133 e. The van der Waals surface area contributed by atoms with Gasteiger partial charge in [0.25, 0.3) is 0 Å². The van der Waals surface area contributed by atoms with E-state index in [1.54, 1.807) is 7.11 Å². The van der Waals surface area contributed by atoms with Crippen LogP contribution in [0.1, 0.15) is 12.6 Å². The summed E-state index contributed by atoms with van der Waals surface area (Å²) in [5.74, 6) is 1.77. The van der Waals surface area contributed by atoms with Crippen molar-refractivity contribution < 1.29 is 4.74 Å². The minimum Gasteiger partial charge on any atom is -0.497 e. The van der Waals surface area contributed by atoms with Crippen molar-refractivity contribution in [3.05, 3.63) is 48.2 Å². The van der Waals surface area contributed by atoms with Crippen LogP contribution in [0, 0.1) is 0 Å². The van der Waals surface area contributed by atoms with Crippen molar-refractivity contribution in [3.63, 3.8) is 0 Å². The van der Waals surface area contributed by atoms with Gasteiger partial charge in [0.2, 0.25) is 0 Å². The maximum absolute atomic E-state index is 5.26. The molecule has 0 saturated carbocycles. The SMILES string of the molecule is CCNCc1cccc(N(C)c2cccc(OC)c2)n1. The van der Waals surface area contributed by atoms with E-state index < -0.39 is 0 Å². The standard InChI is InChI=1S/C16H21N3O/c1-4-17-12-13-7-5-10-16(18-13)19(2)14-8-6-9-15(11-14)20-3/h5-11,17H,4,12H2,1-3H3. The highest BCUT2D eigenvalue weighted by Gasteiger charge is 2.07. The lowest BCUT2D eigenvalue weighted by molar-refractivity contribution is 0.415. The van der Waals surface area contributed by atoms with E-state index in [1.165, 1.54) is 0 Å². The Morgan fingerprint density at radius 2 is 2.00 bits per heavy atom. The van der Waals surface area contributed by atoms with E-state index in [0.29, 0.717) is 0 Å². The van der Waals surface area contributed by atoms with Crippen molar-refractivity contribution in [2.24, 2.45) is 0 Å². The number of pyridine rings is 1. The Labute approximate surface area is 120 Å². The molecule has 0 amide bonds. The number of ether oxygens (including phenoxy) is 1. The van der Waals surface area contributed by atoms with Crippen LogP contribution in [-0.2, 0) is 6.54 Å². The van der Waals surface area contributed by atoms with Crippen LogP contribution in [0.2, 0.25) is 0 Å². The summed E-state index contributed by atoms with van der Waals surface area (Å²) in [7, 11) is 3.68. The molecule has 0 aliphatic rings. The molecule has 106 valence electrons. The molecule has 20 heavy (non-hydrogen) atoms. The zero-order valence-electron chi connectivity index (χ0n) is 12.3. The zero-order chi connectivity index (χ0) is 14.4. The number of benzene rings is 1. The molecule has 4 nitrogen and oxygen atoms in total. The van der Waals surface area contributed by atoms with Crippen LogP contribution in [0.25, 0.3) is 0 Å². The van der Waals surface area contributed by atoms with Gasteiger partial charge >= 0.3 is 0 Å². The highest BCUT2D eigenvalue weighted by molar-refractivity contribution is 5.60. The molecule has 1 N–H and O–H groups in total. The number of nitrogens with zero attached hydrogens (tertiary/aromatic N) is 2. The predicted molar refractivity (Wildman–Crippen MR) is 82.7 cm³/mol. The Morgan fingerprint density at radius 1 is 1.20 bits per heavy atom. The van der Waals surface area contributed by atoms with Gasteiger partial charge in [-0.3, -0.25) is 0 Å². The lowest BCUT2D eigenvalue weighted by atomic mass is 10.2. The van der Waals surface area contributed by atoms with E-state index in [4.69, 9.17) is 4.74 Å². The molecule has 4 heteroatoms. The summed E-state index contributed by atoms with van der Waals surface area (Å²) < 4.78 is 5.26. The quantitative estimate of drug-likeness (QED) is 0.876. The van der Waals surface area contributed by atoms with Gasteiger partial charge in [0.1, 0.15) is 11.6 Å². The molecule has 0 aliphatic carbocycles. The van der Waals surface area contributed by atoms with Gasteiger partial charge in [0.15, 0.2) is 0 Å². The molecule has 2 rings (SSSR count). The van der Waals surface area contributed by atoms with Gasteiger partial charge in [-0.05, 0) is 30.8 Å². The summed E-state index contributed by atoms with van der Waals surface area (Å²) in [6.07, 6.45) is 0. The number of hydrogen-bond acceptors (Lipinski definition) is 4. The molecule has 0 atom stereocenters. The number of methoxy groups -OCH3 is 1. The van der Waals surface area contributed by atoms with Gasteiger partial charge in [0.05, 0.1) is 12.8 Å². The van der Waals surface area contributed by atoms with Gasteiger partial charge < -0.3 is 15.0 Å². The molecule has 1 aromatic heterocycles. The van der Waals surface area contributed by atoms with Crippen molar-refractivity contribution in [2.75, 3.05) is 25.6 Å². The second-order valence-corrected chi connectivity index (χ2v) is 4.53. The molecule has 0 fully saturated rings. The Hall–Kier alpha value is -2.07. The fraction of sp³-hybridized carbons (Fsp3) is 0.312. The Morgan fingerprint density at radius 3 is 2.75 bits per heavy atom. The second kappa shape index (κ2) is 6.91. The van der Waals surface area contributed by atoms with Crippen molar-refractivity contribution in [3.8, 4) is 5.75 Å². The first-order valence-corrected chi connectivity index (χ1v) is 6.79. The number of nitrogens with one attached hydrogen (secondary N) is 1. The molecule has 1 heterocycles. The molecule has 0 unspecified atom stereocenters. The summed E-state index contributed by atoms with van der Waals surface area (Å²) in [5, 5.41) is 3.29. The van der Waals surface area contributed by atoms with Crippen LogP contribution in [-0.4, -0.2) is 25.7 Å². The van der Waals surface area contributed by atoms with Gasteiger partial charge in [-0.1, -0.05) is 19.1 Å². The fourth-order valence-electron chi connectivity index (χ4n) is 1.96. The topological polar surface area (TPSA) is 37.4 Å². The van der Waals surface area contributed by atoms with Crippen molar-refractivity contribution in [1.29, 1.82) is 0 Å². The summed E-state index contributed by atoms with van der Waals surface area (Å²) in [5.41, 5.74) is 2.09. The van der Waals surface area contributed by atoms with E-state index in [-0.39, 0.29) is 0 Å². The van der Waals surface area contributed by atoms with E-state index in [9.17, 15) is 0 Å². The summed E-state index contributed by atoms with van der Waals surface area (Å²) in [6, 6.07) is 14.0. The molecule has 0 radical (unpaired) electrons. The van der Waals surface area contributed by atoms with Gasteiger partial charge in [0, 0.05) is 25.3 Å². The van der Waals surface area contributed by atoms with Crippen molar-refractivity contribution >= 4 is 11.5 Å². The maximum atomic E-state index is 5.26. The second-order valence-electron chi connectivity index (χ2n) is 4.53. The monoisotopic (exact) mass is 271 g/mol. The summed E-state index contributed by atoms with van der Waals surface area (Å²) in [4.78, 5) is 6.72. The number of aromatic nitrogens is 1. The Kier molecular flexibility index (Phi) is 4.96. The maximum Gasteiger partial charge on any atom is 0.133 e.